The van der Waals surface area contributed by atoms with Crippen molar-refractivity contribution < 1.29 is 4.79 Å². The van der Waals surface area contributed by atoms with Crippen molar-refractivity contribution in [3.8, 4) is 0 Å². The number of rotatable bonds is 5. The first-order valence-electron chi connectivity index (χ1n) is 8.30. The van der Waals surface area contributed by atoms with Gasteiger partial charge in [0.05, 0.1) is 18.7 Å². The van der Waals surface area contributed by atoms with Crippen LogP contribution in [-0.2, 0) is 17.8 Å². The molecule has 7 nitrogen and oxygen atoms in total. The Balaban J connectivity index is 1.58. The summed E-state index contributed by atoms with van der Waals surface area (Å²) < 4.78 is 2.13. The maximum absolute atomic E-state index is 12.2. The van der Waals surface area contributed by atoms with Gasteiger partial charge in [-0.3, -0.25) is 9.89 Å². The summed E-state index contributed by atoms with van der Waals surface area (Å²) in [5.74, 6) is 0.821. The highest BCUT2D eigenvalue weighted by Crippen LogP contribution is 2.28. The van der Waals surface area contributed by atoms with Crippen molar-refractivity contribution in [3.63, 3.8) is 0 Å². The number of nitrogens with one attached hydrogen (secondary N) is 2. The number of aromatic amines is 1. The van der Waals surface area contributed by atoms with Gasteiger partial charge >= 0.3 is 0 Å². The number of hydrogen-bond acceptors (Lipinski definition) is 4. The molecule has 1 aliphatic rings. The van der Waals surface area contributed by atoms with E-state index in [2.05, 4.69) is 30.3 Å². The van der Waals surface area contributed by atoms with Crippen LogP contribution in [0.5, 0.6) is 0 Å². The highest BCUT2D eigenvalue weighted by atomic mass is 16.1. The minimum atomic E-state index is -0.0178. The molecule has 7 heteroatoms. The van der Waals surface area contributed by atoms with Crippen molar-refractivity contribution in [1.82, 2.24) is 30.3 Å². The van der Waals surface area contributed by atoms with Crippen LogP contribution in [0.3, 0.4) is 0 Å². The highest BCUT2D eigenvalue weighted by molar-refractivity contribution is 5.78. The van der Waals surface area contributed by atoms with Crippen LogP contribution in [0.25, 0.3) is 0 Å². The average Bonchev–Trinajstić information content (AvgIpc) is 3.15. The first-order valence-corrected chi connectivity index (χ1v) is 8.30. The van der Waals surface area contributed by atoms with Crippen LogP contribution in [0.4, 0.5) is 0 Å². The molecule has 0 saturated heterocycles. The van der Waals surface area contributed by atoms with Gasteiger partial charge in [-0.05, 0) is 26.7 Å². The zero-order valence-corrected chi connectivity index (χ0v) is 13.8. The number of carbonyl (C=O) groups is 1. The number of carbonyl (C=O) groups excluding carboxylic acids is 1. The van der Waals surface area contributed by atoms with E-state index >= 15 is 0 Å². The molecule has 0 radical (unpaired) electrons. The van der Waals surface area contributed by atoms with Gasteiger partial charge in [-0.2, -0.15) is 5.10 Å². The van der Waals surface area contributed by atoms with Crippen molar-refractivity contribution in [2.75, 3.05) is 0 Å². The molecule has 1 amide bonds. The van der Waals surface area contributed by atoms with Gasteiger partial charge in [0.1, 0.15) is 6.33 Å². The van der Waals surface area contributed by atoms with Crippen LogP contribution < -0.4 is 5.32 Å². The smallest absolute Gasteiger partial charge is 0.224 e. The van der Waals surface area contributed by atoms with Crippen LogP contribution in [0.15, 0.2) is 6.33 Å². The predicted octanol–water partition coefficient (Wildman–Crippen LogP) is 1.98. The maximum Gasteiger partial charge on any atom is 0.224 e. The van der Waals surface area contributed by atoms with E-state index in [0.29, 0.717) is 19.0 Å². The minimum Gasteiger partial charge on any atom is -0.349 e. The second-order valence-corrected chi connectivity index (χ2v) is 6.31. The second-order valence-electron chi connectivity index (χ2n) is 6.31. The number of nitrogens with zero attached hydrogens (tertiary/aromatic N) is 4. The topological polar surface area (TPSA) is 88.5 Å². The molecule has 0 aliphatic heterocycles. The molecule has 0 unspecified atom stereocenters. The fraction of sp³-hybridized carbons (Fsp3) is 0.625. The van der Waals surface area contributed by atoms with Crippen molar-refractivity contribution in [3.05, 3.63) is 29.1 Å². The normalized spacial score (nSPS) is 15.7. The van der Waals surface area contributed by atoms with E-state index in [1.807, 2.05) is 13.8 Å². The zero-order chi connectivity index (χ0) is 16.2. The zero-order valence-electron chi connectivity index (χ0n) is 13.8. The van der Waals surface area contributed by atoms with Gasteiger partial charge in [0, 0.05) is 17.3 Å². The third kappa shape index (κ3) is 3.60. The third-order valence-electron chi connectivity index (χ3n) is 4.68. The van der Waals surface area contributed by atoms with E-state index in [9.17, 15) is 4.79 Å². The van der Waals surface area contributed by atoms with Gasteiger partial charge in [-0.15, -0.1) is 10.2 Å². The molecule has 0 spiro atoms. The first kappa shape index (κ1) is 15.7. The maximum atomic E-state index is 12.2. The molecule has 3 rings (SSSR count). The molecular formula is C16H24N6O. The molecule has 0 aromatic carbocycles. The van der Waals surface area contributed by atoms with Gasteiger partial charge in [0.2, 0.25) is 5.91 Å². The molecule has 2 aromatic rings. The summed E-state index contributed by atoms with van der Waals surface area (Å²) in [6.45, 7) is 4.26. The standard InChI is InChI=1S/C16H24N6O/c1-11-14(12(2)20-19-11)8-16(23)17-9-15-21-18-10-22(15)13-6-4-3-5-7-13/h10,13H,3-9H2,1-2H3,(H,17,23)(H,19,20). The number of H-pyrrole nitrogens is 1. The molecule has 2 aromatic heterocycles. The van der Waals surface area contributed by atoms with Crippen LogP contribution in [0.1, 0.15) is 60.9 Å². The van der Waals surface area contributed by atoms with E-state index in [1.54, 1.807) is 6.33 Å². The summed E-state index contributed by atoms with van der Waals surface area (Å²) in [6.07, 6.45) is 8.31. The summed E-state index contributed by atoms with van der Waals surface area (Å²) in [4.78, 5) is 12.2. The fourth-order valence-corrected chi connectivity index (χ4v) is 3.29. The summed E-state index contributed by atoms with van der Waals surface area (Å²) in [5.41, 5.74) is 2.79. The Morgan fingerprint density at radius 3 is 2.83 bits per heavy atom. The van der Waals surface area contributed by atoms with Crippen LogP contribution in [0, 0.1) is 13.8 Å². The van der Waals surface area contributed by atoms with Gasteiger partial charge in [-0.1, -0.05) is 19.3 Å². The molecule has 2 N–H and O–H groups in total. The SMILES string of the molecule is Cc1n[nH]c(C)c1CC(=O)NCc1nncn1C1CCCCC1. The summed E-state index contributed by atoms with van der Waals surface area (Å²) >= 11 is 0. The molecule has 23 heavy (non-hydrogen) atoms. The Kier molecular flexibility index (Phi) is 4.73. The van der Waals surface area contributed by atoms with Gasteiger partial charge in [-0.25, -0.2) is 0 Å². The number of aryl methyl sites for hydroxylation is 2. The molecule has 0 bridgehead atoms. The Morgan fingerprint density at radius 1 is 1.35 bits per heavy atom. The summed E-state index contributed by atoms with van der Waals surface area (Å²) in [5, 5.41) is 18.2. The van der Waals surface area contributed by atoms with E-state index in [1.165, 1.54) is 32.1 Å². The molecule has 2 heterocycles. The van der Waals surface area contributed by atoms with Gasteiger partial charge in [0.25, 0.3) is 0 Å². The molecule has 0 atom stereocenters. The number of hydrogen-bond donors (Lipinski definition) is 2. The van der Waals surface area contributed by atoms with Crippen LogP contribution >= 0.6 is 0 Å². The lowest BCUT2D eigenvalue weighted by molar-refractivity contribution is -0.120. The van der Waals surface area contributed by atoms with E-state index in [0.717, 1.165) is 22.8 Å². The van der Waals surface area contributed by atoms with Gasteiger partial charge in [0.15, 0.2) is 5.82 Å². The monoisotopic (exact) mass is 316 g/mol. The first-order chi connectivity index (χ1) is 11.1. The fourth-order valence-electron chi connectivity index (χ4n) is 3.29. The second kappa shape index (κ2) is 6.93. The minimum absolute atomic E-state index is 0.0178. The average molecular weight is 316 g/mol. The molecule has 124 valence electrons. The van der Waals surface area contributed by atoms with E-state index in [4.69, 9.17) is 0 Å². The molecule has 1 saturated carbocycles. The lowest BCUT2D eigenvalue weighted by Crippen LogP contribution is -2.27. The van der Waals surface area contributed by atoms with Crippen molar-refractivity contribution >= 4 is 5.91 Å². The molecular weight excluding hydrogens is 292 g/mol. The summed E-state index contributed by atoms with van der Waals surface area (Å²) in [6, 6.07) is 0.476. The van der Waals surface area contributed by atoms with Crippen molar-refractivity contribution in [2.24, 2.45) is 0 Å². The number of amides is 1. The lowest BCUT2D eigenvalue weighted by Gasteiger charge is -2.24. The quantitative estimate of drug-likeness (QED) is 0.883. The molecule has 1 fully saturated rings. The molecule has 1 aliphatic carbocycles. The predicted molar refractivity (Wildman–Crippen MR) is 85.8 cm³/mol. The van der Waals surface area contributed by atoms with Crippen molar-refractivity contribution in [2.45, 2.75) is 65.0 Å². The largest absolute Gasteiger partial charge is 0.349 e. The lowest BCUT2D eigenvalue weighted by atomic mass is 9.95. The highest BCUT2D eigenvalue weighted by Gasteiger charge is 2.19. The van der Waals surface area contributed by atoms with E-state index in [-0.39, 0.29) is 5.91 Å². The van der Waals surface area contributed by atoms with Crippen LogP contribution in [-0.4, -0.2) is 30.9 Å². The van der Waals surface area contributed by atoms with E-state index < -0.39 is 0 Å². The third-order valence-corrected chi connectivity index (χ3v) is 4.68. The van der Waals surface area contributed by atoms with Gasteiger partial charge < -0.3 is 9.88 Å². The Bertz CT molecular complexity index is 648. The van der Waals surface area contributed by atoms with Crippen molar-refractivity contribution in [1.29, 1.82) is 0 Å². The Labute approximate surface area is 135 Å². The Morgan fingerprint density at radius 2 is 2.13 bits per heavy atom. The van der Waals surface area contributed by atoms with Crippen LogP contribution in [0.2, 0.25) is 0 Å². The summed E-state index contributed by atoms with van der Waals surface area (Å²) in [7, 11) is 0. The Hall–Kier alpha value is -2.18. The number of aromatic nitrogens is 5.